The molecule has 1 aromatic carbocycles. The van der Waals surface area contributed by atoms with Crippen LogP contribution in [0.25, 0.3) is 0 Å². The van der Waals surface area contributed by atoms with E-state index in [9.17, 15) is 4.79 Å². The van der Waals surface area contributed by atoms with Crippen LogP contribution in [0.1, 0.15) is 130 Å². The molecule has 8 heteroatoms. The number of ether oxygens (including phenoxy) is 2. The first kappa shape index (κ1) is 51.5. The highest BCUT2D eigenvalue weighted by Gasteiger charge is 2.51. The Bertz CT molecular complexity index is 632. The highest BCUT2D eigenvalue weighted by atomic mass is 35.5. The molecule has 1 saturated heterocycles. The average Bonchev–Trinajstić information content (AvgIpc) is 3.15. The van der Waals surface area contributed by atoms with E-state index in [0.29, 0.717) is 6.54 Å². The Hall–Kier alpha value is -1.28. The maximum Gasteiger partial charge on any atom is 0.494 e. The third-order valence-electron chi connectivity index (χ3n) is 4.31. The summed E-state index contributed by atoms with van der Waals surface area (Å²) in [6.45, 7) is 35.9. The molecule has 6 nitrogen and oxygen atoms in total. The molecule has 1 aliphatic rings. The molecule has 1 aliphatic heterocycles. The molecule has 2 rings (SSSR count). The van der Waals surface area contributed by atoms with E-state index in [4.69, 9.17) is 25.6 Å². The molecule has 1 N–H and O–H groups in total. The smallest absolute Gasteiger partial charge is 0.444 e. The third-order valence-corrected chi connectivity index (χ3v) is 4.31. The summed E-state index contributed by atoms with van der Waals surface area (Å²) in [5.74, 6) is 0.722. The zero-order valence-electron chi connectivity index (χ0n) is 30.2. The van der Waals surface area contributed by atoms with Crippen LogP contribution >= 0.6 is 11.6 Å². The van der Waals surface area contributed by atoms with Crippen molar-refractivity contribution in [1.29, 1.82) is 0 Å². The molecule has 0 spiro atoms. The zero-order chi connectivity index (χ0) is 33.6. The van der Waals surface area contributed by atoms with E-state index in [2.05, 4.69) is 10.1 Å². The summed E-state index contributed by atoms with van der Waals surface area (Å²) in [5.41, 5.74) is 0.657. The number of carbonyl (C=O) groups is 1. The minimum atomic E-state index is -0.505. The van der Waals surface area contributed by atoms with Gasteiger partial charge in [-0.15, -0.1) is 11.6 Å². The van der Waals surface area contributed by atoms with Crippen LogP contribution in [0.15, 0.2) is 24.3 Å². The van der Waals surface area contributed by atoms with E-state index in [-0.39, 0.29) is 11.2 Å². The van der Waals surface area contributed by atoms with Crippen molar-refractivity contribution in [2.24, 2.45) is 0 Å². The zero-order valence-corrected chi connectivity index (χ0v) is 31.0. The van der Waals surface area contributed by atoms with Crippen LogP contribution in [0, 0.1) is 0 Å². The van der Waals surface area contributed by atoms with Crippen molar-refractivity contribution in [3.05, 3.63) is 29.8 Å². The first-order valence-corrected chi connectivity index (χ1v) is 15.6. The minimum Gasteiger partial charge on any atom is -0.444 e. The number of alkyl halides is 1. The van der Waals surface area contributed by atoms with Gasteiger partial charge in [0.25, 0.3) is 0 Å². The molecular formula is C32H69BClNO5. The summed E-state index contributed by atoms with van der Waals surface area (Å²) in [6, 6.07) is 7.84. The third kappa shape index (κ3) is 26.9. The number of alkyl carbamates (subject to hydrolysis) is 1. The van der Waals surface area contributed by atoms with Crippen LogP contribution in [0.4, 0.5) is 4.79 Å². The van der Waals surface area contributed by atoms with Crippen LogP contribution in [0.5, 0.6) is 0 Å². The Morgan fingerprint density at radius 3 is 1.55 bits per heavy atom. The Kier molecular flexibility index (Phi) is 41.5. The Morgan fingerprint density at radius 2 is 1.23 bits per heavy atom. The van der Waals surface area contributed by atoms with Crippen molar-refractivity contribution in [3.8, 4) is 0 Å². The van der Waals surface area contributed by atoms with Gasteiger partial charge in [-0.25, -0.2) is 4.79 Å². The van der Waals surface area contributed by atoms with E-state index in [1.165, 1.54) is 0 Å². The standard InChI is InChI=1S/C18H28BNO4.C2H5Cl.C2H6O.5C2H6/c1-16(2,3)22-15(21)20-12-13-9-8-10-14(11-13)19-23-17(4,5)18(6,7)24-19;1-2-3;1-3-2;5*1-2/h8-11H,12H2,1-7H3,(H,20,21);2H2,1H3;1-2H3;5*1-2H3. The van der Waals surface area contributed by atoms with Crippen LogP contribution < -0.4 is 10.8 Å². The molecule has 0 aliphatic carbocycles. The predicted octanol–water partition coefficient (Wildman–Crippen LogP) is 9.65. The molecule has 40 heavy (non-hydrogen) atoms. The second-order valence-corrected chi connectivity index (χ2v) is 9.40. The lowest BCUT2D eigenvalue weighted by atomic mass is 9.78. The molecule has 1 aromatic rings. The van der Waals surface area contributed by atoms with Gasteiger partial charge in [0.15, 0.2) is 0 Å². The normalized spacial score (nSPS) is 13.2. The maximum atomic E-state index is 11.8. The molecule has 0 aromatic heterocycles. The summed E-state index contributed by atoms with van der Waals surface area (Å²) in [7, 11) is 2.84. The predicted molar refractivity (Wildman–Crippen MR) is 181 cm³/mol. The number of amides is 1. The monoisotopic (exact) mass is 593 g/mol. The number of benzene rings is 1. The van der Waals surface area contributed by atoms with Gasteiger partial charge >= 0.3 is 13.2 Å². The summed E-state index contributed by atoms with van der Waals surface area (Å²) in [4.78, 5) is 11.8. The van der Waals surface area contributed by atoms with Gasteiger partial charge in [0.1, 0.15) is 5.60 Å². The second-order valence-electron chi connectivity index (χ2n) is 8.86. The van der Waals surface area contributed by atoms with Crippen LogP contribution in [0.3, 0.4) is 0 Å². The second kappa shape index (κ2) is 32.2. The first-order valence-electron chi connectivity index (χ1n) is 15.1. The van der Waals surface area contributed by atoms with Gasteiger partial charge in [0.2, 0.25) is 0 Å². The fourth-order valence-corrected chi connectivity index (χ4v) is 2.32. The van der Waals surface area contributed by atoms with Crippen molar-refractivity contribution in [2.45, 2.75) is 148 Å². The Morgan fingerprint density at radius 1 is 0.875 bits per heavy atom. The summed E-state index contributed by atoms with van der Waals surface area (Å²) in [5, 5.41) is 2.76. The lowest BCUT2D eigenvalue weighted by Gasteiger charge is -2.32. The van der Waals surface area contributed by atoms with E-state index < -0.39 is 18.8 Å². The lowest BCUT2D eigenvalue weighted by molar-refractivity contribution is 0.00578. The number of nitrogens with one attached hydrogen (secondary N) is 1. The van der Waals surface area contributed by atoms with Crippen molar-refractivity contribution in [1.82, 2.24) is 5.32 Å². The van der Waals surface area contributed by atoms with Crippen LogP contribution in [-0.4, -0.2) is 50.1 Å². The fraction of sp³-hybridized carbons (Fsp3) is 0.781. The number of halogens is 1. The van der Waals surface area contributed by atoms with Crippen LogP contribution in [0.2, 0.25) is 0 Å². The largest absolute Gasteiger partial charge is 0.494 e. The topological polar surface area (TPSA) is 66.0 Å². The molecule has 242 valence electrons. The first-order chi connectivity index (χ1) is 18.7. The maximum absolute atomic E-state index is 11.8. The van der Waals surface area contributed by atoms with Gasteiger partial charge in [0, 0.05) is 26.6 Å². The molecule has 0 saturated carbocycles. The van der Waals surface area contributed by atoms with Gasteiger partial charge in [-0.05, 0) is 59.5 Å². The van der Waals surface area contributed by atoms with E-state index in [1.807, 2.05) is 149 Å². The number of methoxy groups -OCH3 is 1. The SMILES string of the molecule is CC.CC.CC.CC.CC.CC(C)(C)OC(=O)NCc1cccc(B2OC(C)(C)C(C)(C)O2)c1.CCCl.COC. The van der Waals surface area contributed by atoms with E-state index in [0.717, 1.165) is 16.9 Å². The van der Waals surface area contributed by atoms with Crippen LogP contribution in [-0.2, 0) is 25.3 Å². The number of rotatable bonds is 3. The molecule has 1 fully saturated rings. The van der Waals surface area contributed by atoms with E-state index in [1.54, 1.807) is 14.2 Å². The van der Waals surface area contributed by atoms with Gasteiger partial charge in [-0.3, -0.25) is 0 Å². The molecule has 0 atom stereocenters. The molecule has 1 amide bonds. The lowest BCUT2D eigenvalue weighted by Crippen LogP contribution is -2.41. The Labute approximate surface area is 256 Å². The number of hydrogen-bond donors (Lipinski definition) is 1. The van der Waals surface area contributed by atoms with Gasteiger partial charge in [-0.2, -0.15) is 0 Å². The summed E-state index contributed by atoms with van der Waals surface area (Å²) < 4.78 is 21.6. The molecule has 0 unspecified atom stereocenters. The van der Waals surface area contributed by atoms with Crippen molar-refractivity contribution >= 4 is 30.3 Å². The van der Waals surface area contributed by atoms with Gasteiger partial charge in [0.05, 0.1) is 11.2 Å². The van der Waals surface area contributed by atoms with Gasteiger partial charge in [-0.1, -0.05) is 100 Å². The average molecular weight is 594 g/mol. The number of carbonyl (C=O) groups excluding carboxylic acids is 1. The summed E-state index contributed by atoms with van der Waals surface area (Å²) >= 11 is 5.00. The Balaban J connectivity index is -0.000000153. The molecule has 0 radical (unpaired) electrons. The quantitative estimate of drug-likeness (QED) is 0.279. The number of hydrogen-bond acceptors (Lipinski definition) is 5. The van der Waals surface area contributed by atoms with Crippen molar-refractivity contribution in [3.63, 3.8) is 0 Å². The summed E-state index contributed by atoms with van der Waals surface area (Å²) in [6.07, 6.45) is -0.427. The fourth-order valence-electron chi connectivity index (χ4n) is 2.32. The molecule has 1 heterocycles. The van der Waals surface area contributed by atoms with Crippen molar-refractivity contribution < 1.29 is 23.6 Å². The van der Waals surface area contributed by atoms with E-state index >= 15 is 0 Å². The minimum absolute atomic E-state index is 0.373. The molecule has 0 bridgehead atoms. The molecular weight excluding hydrogens is 525 g/mol. The highest BCUT2D eigenvalue weighted by molar-refractivity contribution is 6.62. The van der Waals surface area contributed by atoms with Crippen molar-refractivity contribution in [2.75, 3.05) is 20.1 Å². The van der Waals surface area contributed by atoms with Gasteiger partial charge < -0.3 is 24.1 Å². The highest BCUT2D eigenvalue weighted by Crippen LogP contribution is 2.36.